The zero-order valence-electron chi connectivity index (χ0n) is 18.9. The first-order valence-electron chi connectivity index (χ1n) is 11.1. The first-order valence-corrected chi connectivity index (χ1v) is 11.1. The van der Waals surface area contributed by atoms with Gasteiger partial charge in [-0.05, 0) is 36.1 Å². The van der Waals surface area contributed by atoms with Gasteiger partial charge in [-0.2, -0.15) is 0 Å². The largest absolute Gasteiger partial charge is 0.481 e. The number of nitrogens with one attached hydrogen (secondary N) is 2. The molecule has 0 fully saturated rings. The first-order chi connectivity index (χ1) is 15.9. The minimum atomic E-state index is -0.960. The average molecular weight is 455 g/mol. The van der Waals surface area contributed by atoms with E-state index in [0.29, 0.717) is 0 Å². The van der Waals surface area contributed by atoms with Crippen LogP contribution in [0.1, 0.15) is 37.3 Å². The normalized spacial score (nSPS) is 14.0. The van der Waals surface area contributed by atoms with Gasteiger partial charge in [-0.25, -0.2) is 4.79 Å². The van der Waals surface area contributed by atoms with Crippen molar-refractivity contribution in [2.24, 2.45) is 5.92 Å². The van der Waals surface area contributed by atoms with Crippen molar-refractivity contribution < 1.29 is 29.0 Å². The summed E-state index contributed by atoms with van der Waals surface area (Å²) in [7, 11) is 0. The number of aliphatic carboxylic acids is 1. The lowest BCUT2D eigenvalue weighted by atomic mass is 9.98. The predicted molar refractivity (Wildman–Crippen MR) is 123 cm³/mol. The minimum absolute atomic E-state index is 0.00384. The molecule has 176 valence electrons. The van der Waals surface area contributed by atoms with Crippen molar-refractivity contribution in [2.75, 3.05) is 26.4 Å². The number of carbonyl (C=O) groups is 3. The summed E-state index contributed by atoms with van der Waals surface area (Å²) in [5.74, 6) is -1.90. The van der Waals surface area contributed by atoms with E-state index in [1.54, 1.807) is 13.8 Å². The van der Waals surface area contributed by atoms with E-state index < -0.39 is 24.0 Å². The highest BCUT2D eigenvalue weighted by atomic mass is 16.5. The highest BCUT2D eigenvalue weighted by Crippen LogP contribution is 2.44. The van der Waals surface area contributed by atoms with Crippen molar-refractivity contribution >= 4 is 18.0 Å². The molecule has 2 atom stereocenters. The molecule has 0 heterocycles. The van der Waals surface area contributed by atoms with Crippen LogP contribution >= 0.6 is 0 Å². The number of amides is 2. The van der Waals surface area contributed by atoms with Gasteiger partial charge in [0.05, 0.1) is 19.1 Å². The monoisotopic (exact) mass is 454 g/mol. The lowest BCUT2D eigenvalue weighted by Crippen LogP contribution is -2.40. The second-order valence-electron chi connectivity index (χ2n) is 8.10. The fourth-order valence-electron chi connectivity index (χ4n) is 3.81. The van der Waals surface area contributed by atoms with Crippen LogP contribution in [-0.2, 0) is 19.1 Å². The number of hydrogen-bond acceptors (Lipinski definition) is 5. The van der Waals surface area contributed by atoms with Crippen molar-refractivity contribution in [1.82, 2.24) is 10.6 Å². The molecule has 8 nitrogen and oxygen atoms in total. The van der Waals surface area contributed by atoms with Gasteiger partial charge in [0.15, 0.2) is 0 Å². The van der Waals surface area contributed by atoms with Crippen LogP contribution in [0.15, 0.2) is 48.5 Å². The van der Waals surface area contributed by atoms with Crippen LogP contribution < -0.4 is 10.6 Å². The van der Waals surface area contributed by atoms with E-state index in [2.05, 4.69) is 34.9 Å². The Hall–Kier alpha value is -3.39. The van der Waals surface area contributed by atoms with E-state index in [9.17, 15) is 14.4 Å². The number of hydrogen-bond donors (Lipinski definition) is 3. The lowest BCUT2D eigenvalue weighted by molar-refractivity contribution is -0.142. The number of carboxylic acid groups (broad SMARTS) is 1. The van der Waals surface area contributed by atoms with Crippen LogP contribution in [0, 0.1) is 5.92 Å². The fourth-order valence-corrected chi connectivity index (χ4v) is 3.81. The Morgan fingerprint density at radius 2 is 1.58 bits per heavy atom. The average Bonchev–Trinajstić information content (AvgIpc) is 3.13. The summed E-state index contributed by atoms with van der Waals surface area (Å²) in [5.41, 5.74) is 4.65. The molecule has 0 aliphatic heterocycles. The van der Waals surface area contributed by atoms with E-state index >= 15 is 0 Å². The second kappa shape index (κ2) is 11.5. The van der Waals surface area contributed by atoms with Crippen molar-refractivity contribution in [3.05, 3.63) is 59.7 Å². The molecule has 0 radical (unpaired) electrons. The Labute approximate surface area is 193 Å². The Morgan fingerprint density at radius 1 is 0.970 bits per heavy atom. The molecule has 2 aromatic rings. The molecule has 3 rings (SSSR count). The molecular formula is C25H30N2O6. The third kappa shape index (κ3) is 6.32. The summed E-state index contributed by atoms with van der Waals surface area (Å²) in [6, 6.07) is 15.8. The maximum Gasteiger partial charge on any atom is 0.407 e. The summed E-state index contributed by atoms with van der Waals surface area (Å²) in [6.07, 6.45) is -0.406. The number of alkyl carbamates (subject to hydrolysis) is 1. The minimum Gasteiger partial charge on any atom is -0.481 e. The van der Waals surface area contributed by atoms with Crippen LogP contribution in [0.2, 0.25) is 0 Å². The van der Waals surface area contributed by atoms with Crippen molar-refractivity contribution in [3.63, 3.8) is 0 Å². The van der Waals surface area contributed by atoms with Crippen LogP contribution in [0.5, 0.6) is 0 Å². The highest BCUT2D eigenvalue weighted by molar-refractivity contribution is 5.79. The number of fused-ring (bicyclic) bond motifs is 3. The standard InChI is InChI=1S/C25H30N2O6/c1-16(24(29)30)17(2)27-23(28)11-13-32-14-12-26-25(31)33-15-22-20-9-5-3-7-18(20)19-8-4-6-10-21(19)22/h3-10,16-17,22H,11-15H2,1-2H3,(H,26,31)(H,27,28)(H,29,30). The molecule has 0 bridgehead atoms. The molecule has 3 N–H and O–H groups in total. The number of ether oxygens (including phenoxy) is 2. The predicted octanol–water partition coefficient (Wildman–Crippen LogP) is 3.16. The van der Waals surface area contributed by atoms with Gasteiger partial charge in [-0.1, -0.05) is 48.5 Å². The van der Waals surface area contributed by atoms with E-state index in [0.717, 1.165) is 11.1 Å². The summed E-state index contributed by atoms with van der Waals surface area (Å²) in [6.45, 7) is 4.10. The summed E-state index contributed by atoms with van der Waals surface area (Å²) in [5, 5.41) is 14.2. The first kappa shape index (κ1) is 24.3. The van der Waals surface area contributed by atoms with Gasteiger partial charge in [0.2, 0.25) is 5.91 Å². The quantitative estimate of drug-likeness (QED) is 0.450. The molecule has 0 aromatic heterocycles. The topological polar surface area (TPSA) is 114 Å². The molecule has 33 heavy (non-hydrogen) atoms. The molecule has 1 aliphatic carbocycles. The Morgan fingerprint density at radius 3 is 2.18 bits per heavy atom. The second-order valence-corrected chi connectivity index (χ2v) is 8.10. The smallest absolute Gasteiger partial charge is 0.407 e. The summed E-state index contributed by atoms with van der Waals surface area (Å²) in [4.78, 5) is 34.9. The molecule has 0 saturated carbocycles. The molecule has 2 amide bonds. The van der Waals surface area contributed by atoms with E-state index in [1.165, 1.54) is 11.1 Å². The zero-order valence-corrected chi connectivity index (χ0v) is 18.9. The van der Waals surface area contributed by atoms with Crippen LogP contribution in [0.4, 0.5) is 4.79 Å². The van der Waals surface area contributed by atoms with Crippen molar-refractivity contribution in [3.8, 4) is 11.1 Å². The van der Waals surface area contributed by atoms with Crippen LogP contribution in [0.3, 0.4) is 0 Å². The molecular weight excluding hydrogens is 424 g/mol. The Kier molecular flexibility index (Phi) is 8.43. The van der Waals surface area contributed by atoms with Gasteiger partial charge < -0.3 is 25.2 Å². The number of carboxylic acids is 1. The third-order valence-electron chi connectivity index (χ3n) is 5.86. The van der Waals surface area contributed by atoms with Gasteiger partial charge in [-0.3, -0.25) is 9.59 Å². The van der Waals surface area contributed by atoms with Gasteiger partial charge >= 0.3 is 12.1 Å². The molecule has 0 spiro atoms. The highest BCUT2D eigenvalue weighted by Gasteiger charge is 2.29. The summed E-state index contributed by atoms with van der Waals surface area (Å²) < 4.78 is 10.8. The molecule has 0 saturated heterocycles. The molecule has 2 unspecified atom stereocenters. The Bertz CT molecular complexity index is 947. The molecule has 1 aliphatic rings. The Balaban J connectivity index is 1.33. The van der Waals surface area contributed by atoms with Crippen LogP contribution in [0.25, 0.3) is 11.1 Å². The number of carbonyl (C=O) groups excluding carboxylic acids is 2. The maximum atomic E-state index is 12.1. The third-order valence-corrected chi connectivity index (χ3v) is 5.86. The van der Waals surface area contributed by atoms with Gasteiger partial charge in [0.1, 0.15) is 6.61 Å². The van der Waals surface area contributed by atoms with E-state index in [1.807, 2.05) is 24.3 Å². The van der Waals surface area contributed by atoms with Crippen molar-refractivity contribution in [2.45, 2.75) is 32.2 Å². The number of rotatable bonds is 11. The fraction of sp³-hybridized carbons (Fsp3) is 0.400. The SMILES string of the molecule is CC(NC(=O)CCOCCNC(=O)OCC1c2ccccc2-c2ccccc21)C(C)C(=O)O. The zero-order chi connectivity index (χ0) is 23.8. The van der Waals surface area contributed by atoms with Gasteiger partial charge in [0, 0.05) is 24.9 Å². The van der Waals surface area contributed by atoms with Crippen molar-refractivity contribution in [1.29, 1.82) is 0 Å². The van der Waals surface area contributed by atoms with Crippen LogP contribution in [-0.4, -0.2) is 55.5 Å². The number of benzene rings is 2. The summed E-state index contributed by atoms with van der Waals surface area (Å²) >= 11 is 0. The maximum absolute atomic E-state index is 12.1. The van der Waals surface area contributed by atoms with Gasteiger partial charge in [0.25, 0.3) is 0 Å². The molecule has 8 heteroatoms. The molecule has 2 aromatic carbocycles. The lowest BCUT2D eigenvalue weighted by Gasteiger charge is -2.17. The van der Waals surface area contributed by atoms with E-state index in [-0.39, 0.29) is 44.6 Å². The van der Waals surface area contributed by atoms with E-state index in [4.69, 9.17) is 14.6 Å². The van der Waals surface area contributed by atoms with Gasteiger partial charge in [-0.15, -0.1) is 0 Å².